The number of rotatable bonds is 3. The maximum atomic E-state index is 12.8. The SMILES string of the molecule is CN(Cc1cc(Br)cs1)C(=O)C1CCNc2ccccc21. The van der Waals surface area contributed by atoms with Crippen LogP contribution in [0.4, 0.5) is 5.69 Å². The van der Waals surface area contributed by atoms with Crippen molar-refractivity contribution in [2.24, 2.45) is 0 Å². The molecule has 0 bridgehead atoms. The van der Waals surface area contributed by atoms with Crippen molar-refractivity contribution in [2.45, 2.75) is 18.9 Å². The van der Waals surface area contributed by atoms with Crippen LogP contribution in [0.1, 0.15) is 22.8 Å². The van der Waals surface area contributed by atoms with E-state index >= 15 is 0 Å². The Balaban J connectivity index is 1.76. The number of carbonyl (C=O) groups excluding carboxylic acids is 1. The Morgan fingerprint density at radius 3 is 3.05 bits per heavy atom. The van der Waals surface area contributed by atoms with E-state index in [2.05, 4.69) is 33.4 Å². The number of fused-ring (bicyclic) bond motifs is 1. The second kappa shape index (κ2) is 6.20. The van der Waals surface area contributed by atoms with Crippen LogP contribution in [-0.4, -0.2) is 24.4 Å². The maximum absolute atomic E-state index is 12.8. The van der Waals surface area contributed by atoms with Gasteiger partial charge in [0, 0.05) is 34.0 Å². The summed E-state index contributed by atoms with van der Waals surface area (Å²) in [5, 5.41) is 5.41. The fourth-order valence-electron chi connectivity index (χ4n) is 2.74. The third-order valence-corrected chi connectivity index (χ3v) is 5.46. The molecule has 21 heavy (non-hydrogen) atoms. The lowest BCUT2D eigenvalue weighted by atomic mass is 9.90. The van der Waals surface area contributed by atoms with E-state index in [1.165, 1.54) is 4.88 Å². The smallest absolute Gasteiger partial charge is 0.230 e. The number of anilines is 1. The number of para-hydroxylation sites is 1. The summed E-state index contributed by atoms with van der Waals surface area (Å²) in [4.78, 5) is 15.8. The number of benzene rings is 1. The molecule has 2 aromatic rings. The first-order valence-electron chi connectivity index (χ1n) is 6.96. The molecule has 1 aliphatic heterocycles. The molecule has 0 spiro atoms. The molecule has 0 saturated carbocycles. The molecule has 1 aromatic carbocycles. The van der Waals surface area contributed by atoms with E-state index in [9.17, 15) is 4.79 Å². The molecule has 1 atom stereocenters. The van der Waals surface area contributed by atoms with E-state index in [4.69, 9.17) is 0 Å². The number of halogens is 1. The van der Waals surface area contributed by atoms with Crippen LogP contribution in [0.15, 0.2) is 40.2 Å². The molecule has 0 fully saturated rings. The highest BCUT2D eigenvalue weighted by Gasteiger charge is 2.28. The number of amides is 1. The van der Waals surface area contributed by atoms with Gasteiger partial charge >= 0.3 is 0 Å². The summed E-state index contributed by atoms with van der Waals surface area (Å²) in [6.07, 6.45) is 0.855. The van der Waals surface area contributed by atoms with E-state index in [0.29, 0.717) is 6.54 Å². The summed E-state index contributed by atoms with van der Waals surface area (Å²) in [7, 11) is 1.89. The zero-order valence-corrected chi connectivity index (χ0v) is 14.2. The Morgan fingerprint density at radius 1 is 1.48 bits per heavy atom. The molecule has 3 nitrogen and oxygen atoms in total. The van der Waals surface area contributed by atoms with Gasteiger partial charge < -0.3 is 10.2 Å². The maximum Gasteiger partial charge on any atom is 0.230 e. The summed E-state index contributed by atoms with van der Waals surface area (Å²) in [5.74, 6) is 0.171. The Kier molecular flexibility index (Phi) is 4.31. The van der Waals surface area contributed by atoms with Crippen molar-refractivity contribution in [1.82, 2.24) is 4.90 Å². The highest BCUT2D eigenvalue weighted by Crippen LogP contribution is 2.33. The van der Waals surface area contributed by atoms with Gasteiger partial charge in [0.1, 0.15) is 0 Å². The zero-order valence-electron chi connectivity index (χ0n) is 11.8. The molecular weight excluding hydrogens is 348 g/mol. The largest absolute Gasteiger partial charge is 0.385 e. The number of carbonyl (C=O) groups is 1. The second-order valence-electron chi connectivity index (χ2n) is 5.28. The van der Waals surface area contributed by atoms with Gasteiger partial charge in [0.05, 0.1) is 12.5 Å². The molecule has 0 radical (unpaired) electrons. The summed E-state index contributed by atoms with van der Waals surface area (Å²) in [5.41, 5.74) is 2.21. The second-order valence-corrected chi connectivity index (χ2v) is 7.19. The van der Waals surface area contributed by atoms with Gasteiger partial charge in [0.25, 0.3) is 0 Å². The summed E-state index contributed by atoms with van der Waals surface area (Å²) < 4.78 is 1.08. The molecule has 1 N–H and O–H groups in total. The molecule has 0 saturated heterocycles. The number of thiophene rings is 1. The summed E-state index contributed by atoms with van der Waals surface area (Å²) >= 11 is 5.13. The fourth-order valence-corrected chi connectivity index (χ4v) is 4.24. The third-order valence-electron chi connectivity index (χ3n) is 3.77. The van der Waals surface area contributed by atoms with E-state index in [1.54, 1.807) is 11.3 Å². The molecule has 1 aliphatic rings. The van der Waals surface area contributed by atoms with Gasteiger partial charge in [-0.3, -0.25) is 4.79 Å². The van der Waals surface area contributed by atoms with Gasteiger partial charge in [-0.05, 0) is 40.0 Å². The molecule has 1 aromatic heterocycles. The van der Waals surface area contributed by atoms with Crippen LogP contribution < -0.4 is 5.32 Å². The summed E-state index contributed by atoms with van der Waals surface area (Å²) in [6, 6.07) is 10.2. The van der Waals surface area contributed by atoms with Crippen LogP contribution in [0, 0.1) is 0 Å². The van der Waals surface area contributed by atoms with Crippen molar-refractivity contribution in [3.8, 4) is 0 Å². The lowest BCUT2D eigenvalue weighted by Gasteiger charge is -2.29. The number of hydrogen-bond acceptors (Lipinski definition) is 3. The predicted molar refractivity (Wildman–Crippen MR) is 90.8 cm³/mol. The highest BCUT2D eigenvalue weighted by atomic mass is 79.9. The molecule has 110 valence electrons. The van der Waals surface area contributed by atoms with E-state index in [0.717, 1.165) is 28.7 Å². The van der Waals surface area contributed by atoms with Crippen LogP contribution >= 0.6 is 27.3 Å². The van der Waals surface area contributed by atoms with Crippen LogP contribution in [0.3, 0.4) is 0 Å². The van der Waals surface area contributed by atoms with E-state index < -0.39 is 0 Å². The van der Waals surface area contributed by atoms with Crippen molar-refractivity contribution in [3.05, 3.63) is 50.6 Å². The lowest BCUT2D eigenvalue weighted by Crippen LogP contribution is -2.34. The standard InChI is InChI=1S/C16H17BrN2OS/c1-19(9-12-8-11(17)10-21-12)16(20)14-6-7-18-15-5-3-2-4-13(14)15/h2-5,8,10,14,18H,6-7,9H2,1H3. The molecule has 1 amide bonds. The Hall–Kier alpha value is -1.33. The van der Waals surface area contributed by atoms with Gasteiger partial charge in [0.2, 0.25) is 5.91 Å². The number of nitrogens with zero attached hydrogens (tertiary/aromatic N) is 1. The van der Waals surface area contributed by atoms with Gasteiger partial charge in [-0.25, -0.2) is 0 Å². The minimum atomic E-state index is -0.0316. The van der Waals surface area contributed by atoms with Crippen LogP contribution in [0.5, 0.6) is 0 Å². The van der Waals surface area contributed by atoms with Gasteiger partial charge in [0.15, 0.2) is 0 Å². The average Bonchev–Trinajstić information content (AvgIpc) is 2.91. The Bertz CT molecular complexity index is 655. The van der Waals surface area contributed by atoms with Crippen molar-refractivity contribution < 1.29 is 4.79 Å². The summed E-state index contributed by atoms with van der Waals surface area (Å²) in [6.45, 7) is 1.52. The third kappa shape index (κ3) is 3.14. The van der Waals surface area contributed by atoms with Crippen molar-refractivity contribution >= 4 is 38.9 Å². The predicted octanol–water partition coefficient (Wildman–Crippen LogP) is 4.07. The number of hydrogen-bond donors (Lipinski definition) is 1. The Morgan fingerprint density at radius 2 is 2.29 bits per heavy atom. The van der Waals surface area contributed by atoms with Gasteiger partial charge in [-0.15, -0.1) is 11.3 Å². The molecule has 5 heteroatoms. The Labute approximate surface area is 137 Å². The fraction of sp³-hybridized carbons (Fsp3) is 0.312. The normalized spacial score (nSPS) is 17.0. The molecule has 3 rings (SSSR count). The molecule has 2 heterocycles. The van der Waals surface area contributed by atoms with Gasteiger partial charge in [-0.1, -0.05) is 18.2 Å². The van der Waals surface area contributed by atoms with Crippen molar-refractivity contribution in [3.63, 3.8) is 0 Å². The highest BCUT2D eigenvalue weighted by molar-refractivity contribution is 9.10. The van der Waals surface area contributed by atoms with Crippen LogP contribution in [-0.2, 0) is 11.3 Å². The van der Waals surface area contributed by atoms with E-state index in [-0.39, 0.29) is 11.8 Å². The minimum absolute atomic E-state index is 0.0316. The molecule has 1 unspecified atom stereocenters. The molecule has 0 aliphatic carbocycles. The zero-order chi connectivity index (χ0) is 14.8. The van der Waals surface area contributed by atoms with E-state index in [1.807, 2.05) is 35.5 Å². The lowest BCUT2D eigenvalue weighted by molar-refractivity contribution is -0.132. The minimum Gasteiger partial charge on any atom is -0.385 e. The first-order chi connectivity index (χ1) is 10.1. The monoisotopic (exact) mass is 364 g/mol. The first kappa shape index (κ1) is 14.6. The van der Waals surface area contributed by atoms with Crippen LogP contribution in [0.2, 0.25) is 0 Å². The quantitative estimate of drug-likeness (QED) is 0.890. The van der Waals surface area contributed by atoms with Crippen LogP contribution in [0.25, 0.3) is 0 Å². The topological polar surface area (TPSA) is 32.3 Å². The van der Waals surface area contributed by atoms with Crippen molar-refractivity contribution in [2.75, 3.05) is 18.9 Å². The molecular formula is C16H17BrN2OS. The van der Waals surface area contributed by atoms with Crippen molar-refractivity contribution in [1.29, 1.82) is 0 Å². The average molecular weight is 365 g/mol. The van der Waals surface area contributed by atoms with Gasteiger partial charge in [-0.2, -0.15) is 0 Å². The first-order valence-corrected chi connectivity index (χ1v) is 8.63. The number of likely N-dealkylation sites (N-methyl/N-ethyl adjacent to an activating group) is 1. The number of nitrogens with one attached hydrogen (secondary N) is 1.